The third-order valence-electron chi connectivity index (χ3n) is 7.65. The van der Waals surface area contributed by atoms with E-state index < -0.39 is 35.5 Å². The van der Waals surface area contributed by atoms with E-state index in [1.165, 1.54) is 17.2 Å². The van der Waals surface area contributed by atoms with Crippen LogP contribution in [0.15, 0.2) is 42.6 Å². The van der Waals surface area contributed by atoms with Gasteiger partial charge in [-0.15, -0.1) is 0 Å². The summed E-state index contributed by atoms with van der Waals surface area (Å²) in [5.74, 6) is -3.02. The number of anilines is 3. The number of imide groups is 2. The monoisotopic (exact) mass is 541 g/mol. The fourth-order valence-electron chi connectivity index (χ4n) is 5.54. The lowest BCUT2D eigenvalue weighted by molar-refractivity contribution is -0.136. The number of nitrogens with one attached hydrogen (secondary N) is 2. The molecular weight excluding hydrogens is 517 g/mol. The van der Waals surface area contributed by atoms with E-state index in [0.717, 1.165) is 10.5 Å². The number of pyridine rings is 1. The number of piperidine rings is 1. The van der Waals surface area contributed by atoms with Crippen molar-refractivity contribution in [2.24, 2.45) is 0 Å². The van der Waals surface area contributed by atoms with Gasteiger partial charge in [-0.05, 0) is 55.7 Å². The highest BCUT2D eigenvalue weighted by Gasteiger charge is 2.45. The van der Waals surface area contributed by atoms with Gasteiger partial charge in [0.05, 0.1) is 22.5 Å². The number of aromatic nitrogens is 1. The number of hydrogen-bond acceptors (Lipinski definition) is 7. The van der Waals surface area contributed by atoms with Gasteiger partial charge in [-0.1, -0.05) is 6.07 Å². The normalized spacial score (nSPS) is 18.6. The average Bonchev–Trinajstić information content (AvgIpc) is 3.18. The van der Waals surface area contributed by atoms with Crippen LogP contribution in [0.25, 0.3) is 11.1 Å². The number of hydrogen-bond donors (Lipinski definition) is 2. The SMILES string of the molecule is Cc1nccc(-c2cc3c(cc2Nc2cccc4c2C(=O)N([C@H]2CCC(=O)NC2=O)C4=O)N(C)C(=O)CC3)c1F. The lowest BCUT2D eigenvalue weighted by Crippen LogP contribution is -2.54. The summed E-state index contributed by atoms with van der Waals surface area (Å²) in [5, 5.41) is 5.41. The van der Waals surface area contributed by atoms with Crippen molar-refractivity contribution in [3.8, 4) is 11.1 Å². The summed E-state index contributed by atoms with van der Waals surface area (Å²) < 4.78 is 15.3. The highest BCUT2D eigenvalue weighted by atomic mass is 19.1. The van der Waals surface area contributed by atoms with Crippen molar-refractivity contribution in [3.63, 3.8) is 0 Å². The molecule has 4 heterocycles. The quantitative estimate of drug-likeness (QED) is 0.485. The molecule has 1 fully saturated rings. The first kappa shape index (κ1) is 25.4. The van der Waals surface area contributed by atoms with Crippen LogP contribution < -0.4 is 15.5 Å². The van der Waals surface area contributed by atoms with E-state index in [4.69, 9.17) is 0 Å². The number of nitrogens with zero attached hydrogens (tertiary/aromatic N) is 3. The third kappa shape index (κ3) is 3.93. The van der Waals surface area contributed by atoms with E-state index in [-0.39, 0.29) is 46.8 Å². The van der Waals surface area contributed by atoms with Crippen molar-refractivity contribution in [1.29, 1.82) is 0 Å². The van der Waals surface area contributed by atoms with Crippen molar-refractivity contribution < 1.29 is 28.4 Å². The third-order valence-corrected chi connectivity index (χ3v) is 7.65. The number of carbonyl (C=O) groups is 5. The predicted molar refractivity (Wildman–Crippen MR) is 142 cm³/mol. The van der Waals surface area contributed by atoms with Gasteiger partial charge in [0.1, 0.15) is 6.04 Å². The van der Waals surface area contributed by atoms with Gasteiger partial charge in [0, 0.05) is 48.6 Å². The number of rotatable bonds is 4. The number of carbonyl (C=O) groups excluding carboxylic acids is 5. The minimum absolute atomic E-state index is 0.0105. The molecule has 1 aromatic heterocycles. The van der Waals surface area contributed by atoms with Gasteiger partial charge in [-0.3, -0.25) is 39.2 Å². The molecule has 6 rings (SSSR count). The first-order valence-corrected chi connectivity index (χ1v) is 12.8. The van der Waals surface area contributed by atoms with Gasteiger partial charge in [-0.25, -0.2) is 4.39 Å². The fraction of sp³-hybridized carbons (Fsp3) is 0.241. The van der Waals surface area contributed by atoms with Gasteiger partial charge in [0.25, 0.3) is 11.8 Å². The van der Waals surface area contributed by atoms with Crippen LogP contribution in [0.1, 0.15) is 51.2 Å². The molecule has 1 saturated heterocycles. The molecule has 10 nitrogen and oxygen atoms in total. The molecule has 2 N–H and O–H groups in total. The molecule has 2 aromatic carbocycles. The average molecular weight is 542 g/mol. The highest BCUT2D eigenvalue weighted by Crippen LogP contribution is 2.41. The molecule has 1 atom stereocenters. The van der Waals surface area contributed by atoms with Crippen molar-refractivity contribution in [3.05, 3.63) is 70.8 Å². The van der Waals surface area contributed by atoms with Crippen LogP contribution in [0.3, 0.4) is 0 Å². The molecule has 0 spiro atoms. The minimum atomic E-state index is -1.11. The smallest absolute Gasteiger partial charge is 0.264 e. The molecule has 0 bridgehead atoms. The Morgan fingerprint density at radius 2 is 1.75 bits per heavy atom. The second kappa shape index (κ2) is 9.37. The van der Waals surface area contributed by atoms with Gasteiger partial charge >= 0.3 is 0 Å². The molecule has 3 aromatic rings. The summed E-state index contributed by atoms with van der Waals surface area (Å²) in [5.41, 5.74) is 3.39. The van der Waals surface area contributed by atoms with E-state index in [1.807, 2.05) is 6.07 Å². The lowest BCUT2D eigenvalue weighted by atomic mass is 9.94. The van der Waals surface area contributed by atoms with E-state index >= 15 is 4.39 Å². The Bertz CT molecular complexity index is 1670. The maximum atomic E-state index is 15.3. The molecule has 0 unspecified atom stereocenters. The van der Waals surface area contributed by atoms with Crippen LogP contribution >= 0.6 is 0 Å². The second-order valence-electron chi connectivity index (χ2n) is 10.0. The second-order valence-corrected chi connectivity index (χ2v) is 10.0. The zero-order valence-electron chi connectivity index (χ0n) is 21.7. The molecular formula is C29H24FN5O5. The maximum absolute atomic E-state index is 15.3. The number of amides is 5. The van der Waals surface area contributed by atoms with Crippen LogP contribution in [0.4, 0.5) is 21.5 Å². The summed E-state index contributed by atoms with van der Waals surface area (Å²) in [7, 11) is 1.67. The Kier molecular flexibility index (Phi) is 5.94. The maximum Gasteiger partial charge on any atom is 0.264 e. The van der Waals surface area contributed by atoms with Gasteiger partial charge in [-0.2, -0.15) is 0 Å². The number of benzene rings is 2. The fourth-order valence-corrected chi connectivity index (χ4v) is 5.54. The summed E-state index contributed by atoms with van der Waals surface area (Å²) in [6, 6.07) is 8.72. The zero-order valence-corrected chi connectivity index (χ0v) is 21.7. The zero-order chi connectivity index (χ0) is 28.3. The largest absolute Gasteiger partial charge is 0.354 e. The van der Waals surface area contributed by atoms with Crippen LogP contribution in [-0.2, 0) is 20.8 Å². The number of halogens is 1. The van der Waals surface area contributed by atoms with Crippen molar-refractivity contribution in [1.82, 2.24) is 15.2 Å². The lowest BCUT2D eigenvalue weighted by Gasteiger charge is -2.28. The molecule has 11 heteroatoms. The molecule has 5 amide bonds. The first-order valence-electron chi connectivity index (χ1n) is 12.8. The Balaban J connectivity index is 1.46. The molecule has 202 valence electrons. The highest BCUT2D eigenvalue weighted by molar-refractivity contribution is 6.25. The molecule has 3 aliphatic heterocycles. The molecule has 40 heavy (non-hydrogen) atoms. The van der Waals surface area contributed by atoms with E-state index in [1.54, 1.807) is 38.2 Å². The summed E-state index contributed by atoms with van der Waals surface area (Å²) in [4.78, 5) is 69.9. The van der Waals surface area contributed by atoms with Crippen molar-refractivity contribution in [2.45, 2.75) is 38.6 Å². The molecule has 0 radical (unpaired) electrons. The Morgan fingerprint density at radius 3 is 2.52 bits per heavy atom. The Morgan fingerprint density at radius 1 is 0.950 bits per heavy atom. The van der Waals surface area contributed by atoms with Crippen molar-refractivity contribution >= 4 is 46.6 Å². The van der Waals surface area contributed by atoms with Gasteiger partial charge in [0.15, 0.2) is 5.82 Å². The Hall–Kier alpha value is -4.93. The molecule has 3 aliphatic rings. The standard InChI is InChI=1S/C29H24FN5O5/c1-14-26(30)16(10-11-31-14)18-12-15-6-9-24(37)34(2)22(15)13-20(18)32-19-5-3-4-17-25(19)29(40)35(28(17)39)21-7-8-23(36)33-27(21)38/h3-5,10-13,21,32H,6-9H2,1-2H3,(H,33,36,38)/t21-/m0/s1. The minimum Gasteiger partial charge on any atom is -0.354 e. The summed E-state index contributed by atoms with van der Waals surface area (Å²) >= 11 is 0. The van der Waals surface area contributed by atoms with Crippen LogP contribution in [0.2, 0.25) is 0 Å². The van der Waals surface area contributed by atoms with Crippen molar-refractivity contribution in [2.75, 3.05) is 17.3 Å². The first-order chi connectivity index (χ1) is 19.2. The summed E-state index contributed by atoms with van der Waals surface area (Å²) in [6.45, 7) is 1.56. The number of fused-ring (bicyclic) bond motifs is 2. The number of aryl methyl sites for hydroxylation is 2. The Labute approximate surface area is 228 Å². The van der Waals surface area contributed by atoms with E-state index in [0.29, 0.717) is 29.8 Å². The van der Waals surface area contributed by atoms with E-state index in [2.05, 4.69) is 15.6 Å². The molecule has 0 aliphatic carbocycles. The van der Waals surface area contributed by atoms with Gasteiger partial charge in [0.2, 0.25) is 17.7 Å². The molecule has 0 saturated carbocycles. The topological polar surface area (TPSA) is 129 Å². The van der Waals surface area contributed by atoms with Crippen LogP contribution in [0.5, 0.6) is 0 Å². The van der Waals surface area contributed by atoms with Gasteiger partial charge < -0.3 is 10.2 Å². The summed E-state index contributed by atoms with van der Waals surface area (Å²) in [6.07, 6.45) is 2.37. The predicted octanol–water partition coefficient (Wildman–Crippen LogP) is 3.25. The van der Waals surface area contributed by atoms with E-state index in [9.17, 15) is 24.0 Å². The van der Waals surface area contributed by atoms with Crippen LogP contribution in [0, 0.1) is 12.7 Å². The van der Waals surface area contributed by atoms with Crippen LogP contribution in [-0.4, -0.2) is 52.5 Å².